The minimum absolute atomic E-state index is 0.302. The van der Waals surface area contributed by atoms with Gasteiger partial charge >= 0.3 is 0 Å². The van der Waals surface area contributed by atoms with Gasteiger partial charge in [0.2, 0.25) is 0 Å². The predicted molar refractivity (Wildman–Crippen MR) is 61.1 cm³/mol. The lowest BCUT2D eigenvalue weighted by atomic mass is 10.1. The molecule has 0 saturated carbocycles. The van der Waals surface area contributed by atoms with E-state index in [0.717, 1.165) is 11.3 Å². The summed E-state index contributed by atoms with van der Waals surface area (Å²) in [6.07, 6.45) is 3.56. The second-order valence-electron chi connectivity index (χ2n) is 3.30. The van der Waals surface area contributed by atoms with Crippen molar-refractivity contribution >= 4 is 23.1 Å². The summed E-state index contributed by atoms with van der Waals surface area (Å²) in [5.74, 6) is 0.302. The quantitative estimate of drug-likeness (QED) is 0.736. The number of allylic oxidation sites excluding steroid dienone is 2. The highest BCUT2D eigenvalue weighted by Crippen LogP contribution is 2.36. The van der Waals surface area contributed by atoms with Crippen LogP contribution in [0.25, 0.3) is 5.57 Å². The molecule has 2 heteroatoms. The number of carbonyl (C=O) groups excluding carboxylic acids is 1. The summed E-state index contributed by atoms with van der Waals surface area (Å²) in [6.45, 7) is 0. The van der Waals surface area contributed by atoms with Crippen molar-refractivity contribution in [2.45, 2.75) is 12.8 Å². The highest BCUT2D eigenvalue weighted by atomic mass is 32.2. The largest absolute Gasteiger partial charge is 0.294 e. The van der Waals surface area contributed by atoms with Crippen LogP contribution in [0.15, 0.2) is 35.2 Å². The molecule has 0 bridgehead atoms. The third kappa shape index (κ3) is 1.62. The zero-order chi connectivity index (χ0) is 9.97. The Kier molecular flexibility index (Phi) is 2.73. The highest BCUT2D eigenvalue weighted by molar-refractivity contribution is 8.03. The Morgan fingerprint density at radius 3 is 2.50 bits per heavy atom. The van der Waals surface area contributed by atoms with Crippen molar-refractivity contribution in [3.8, 4) is 0 Å². The van der Waals surface area contributed by atoms with Gasteiger partial charge in [-0.05, 0) is 23.8 Å². The Bertz CT molecular complexity index is 379. The molecule has 0 heterocycles. The number of hydrogen-bond acceptors (Lipinski definition) is 2. The van der Waals surface area contributed by atoms with Gasteiger partial charge in [0, 0.05) is 6.42 Å². The number of hydrogen-bond donors (Lipinski definition) is 0. The number of benzene rings is 1. The first-order chi connectivity index (χ1) is 6.83. The van der Waals surface area contributed by atoms with E-state index in [1.807, 2.05) is 24.5 Å². The van der Waals surface area contributed by atoms with E-state index >= 15 is 0 Å². The summed E-state index contributed by atoms with van der Waals surface area (Å²) >= 11 is 1.57. The van der Waals surface area contributed by atoms with Gasteiger partial charge < -0.3 is 0 Å². The number of carbonyl (C=O) groups is 1. The van der Waals surface area contributed by atoms with Crippen molar-refractivity contribution in [1.82, 2.24) is 0 Å². The van der Waals surface area contributed by atoms with E-state index in [9.17, 15) is 4.79 Å². The molecule has 0 fully saturated rings. The summed E-state index contributed by atoms with van der Waals surface area (Å²) in [4.78, 5) is 12.5. The van der Waals surface area contributed by atoms with Gasteiger partial charge in [-0.15, -0.1) is 11.8 Å². The van der Waals surface area contributed by atoms with E-state index in [1.54, 1.807) is 11.8 Å². The van der Waals surface area contributed by atoms with Gasteiger partial charge in [0.15, 0.2) is 5.78 Å². The average Bonchev–Trinajstić information content (AvgIpc) is 2.61. The smallest absolute Gasteiger partial charge is 0.169 e. The molecule has 14 heavy (non-hydrogen) atoms. The van der Waals surface area contributed by atoms with Gasteiger partial charge in [0.05, 0.1) is 4.91 Å². The van der Waals surface area contributed by atoms with Crippen LogP contribution in [0, 0.1) is 0 Å². The molecule has 1 aromatic carbocycles. The van der Waals surface area contributed by atoms with Crippen molar-refractivity contribution in [1.29, 1.82) is 0 Å². The number of ketones is 1. The molecule has 72 valence electrons. The molecule has 1 aliphatic rings. The molecule has 1 nitrogen and oxygen atoms in total. The van der Waals surface area contributed by atoms with Crippen LogP contribution in [0.1, 0.15) is 18.4 Å². The summed E-state index contributed by atoms with van der Waals surface area (Å²) in [6, 6.07) is 10.2. The summed E-state index contributed by atoms with van der Waals surface area (Å²) < 4.78 is 0. The molecule has 0 amide bonds. The number of Topliss-reactive ketones (excluding diaryl/α,β-unsaturated/α-hetero) is 1. The Hall–Kier alpha value is -1.02. The molecule has 0 N–H and O–H groups in total. The molecule has 1 aromatic rings. The summed E-state index contributed by atoms with van der Waals surface area (Å²) in [5.41, 5.74) is 2.42. The second kappa shape index (κ2) is 4.01. The fraction of sp³-hybridized carbons (Fsp3) is 0.250. The van der Waals surface area contributed by atoms with Crippen LogP contribution in [0.2, 0.25) is 0 Å². The molecule has 0 aromatic heterocycles. The van der Waals surface area contributed by atoms with Gasteiger partial charge in [0.1, 0.15) is 0 Å². The maximum absolute atomic E-state index is 11.5. The highest BCUT2D eigenvalue weighted by Gasteiger charge is 2.22. The number of rotatable bonds is 2. The predicted octanol–water partition coefficient (Wildman–Crippen LogP) is 3.12. The van der Waals surface area contributed by atoms with Gasteiger partial charge in [0.25, 0.3) is 0 Å². The zero-order valence-corrected chi connectivity index (χ0v) is 8.93. The standard InChI is InChI=1S/C12H12OS/c1-14-12-10(7-8-11(12)13)9-5-3-2-4-6-9/h2-6H,7-8H2,1H3. The third-order valence-corrected chi connectivity index (χ3v) is 3.34. The van der Waals surface area contributed by atoms with E-state index < -0.39 is 0 Å². The van der Waals surface area contributed by atoms with Gasteiger partial charge in [-0.3, -0.25) is 4.79 Å². The van der Waals surface area contributed by atoms with Crippen LogP contribution >= 0.6 is 11.8 Å². The van der Waals surface area contributed by atoms with Gasteiger partial charge in [-0.2, -0.15) is 0 Å². The first-order valence-electron chi connectivity index (χ1n) is 4.68. The molecule has 0 unspecified atom stereocenters. The van der Waals surface area contributed by atoms with Crippen molar-refractivity contribution < 1.29 is 4.79 Å². The third-order valence-electron chi connectivity index (χ3n) is 2.46. The Labute approximate surface area is 88.2 Å². The van der Waals surface area contributed by atoms with Crippen LogP contribution in [0.4, 0.5) is 0 Å². The average molecular weight is 204 g/mol. The lowest BCUT2D eigenvalue weighted by molar-refractivity contribution is -0.114. The fourth-order valence-electron chi connectivity index (χ4n) is 1.79. The molecular weight excluding hydrogens is 192 g/mol. The number of thioether (sulfide) groups is 1. The van der Waals surface area contributed by atoms with Crippen molar-refractivity contribution in [2.75, 3.05) is 6.26 Å². The van der Waals surface area contributed by atoms with Crippen LogP contribution in [0.3, 0.4) is 0 Å². The monoisotopic (exact) mass is 204 g/mol. The maximum Gasteiger partial charge on any atom is 0.169 e. The van der Waals surface area contributed by atoms with Crippen molar-refractivity contribution in [2.24, 2.45) is 0 Å². The topological polar surface area (TPSA) is 17.1 Å². The summed E-state index contributed by atoms with van der Waals surface area (Å²) in [5, 5.41) is 0. The van der Waals surface area contributed by atoms with Crippen molar-refractivity contribution in [3.63, 3.8) is 0 Å². The van der Waals surface area contributed by atoms with E-state index in [0.29, 0.717) is 12.2 Å². The van der Waals surface area contributed by atoms with Crippen molar-refractivity contribution in [3.05, 3.63) is 40.8 Å². The molecule has 0 radical (unpaired) electrons. The molecule has 0 atom stereocenters. The second-order valence-corrected chi connectivity index (χ2v) is 4.12. The Morgan fingerprint density at radius 1 is 1.14 bits per heavy atom. The van der Waals surface area contributed by atoms with E-state index in [-0.39, 0.29) is 0 Å². The Morgan fingerprint density at radius 2 is 1.86 bits per heavy atom. The van der Waals surface area contributed by atoms with Crippen LogP contribution < -0.4 is 0 Å². The zero-order valence-electron chi connectivity index (χ0n) is 8.12. The van der Waals surface area contributed by atoms with E-state index in [2.05, 4.69) is 12.1 Å². The maximum atomic E-state index is 11.5. The summed E-state index contributed by atoms with van der Waals surface area (Å²) in [7, 11) is 0. The molecule has 1 aliphatic carbocycles. The lowest BCUT2D eigenvalue weighted by Gasteiger charge is -2.03. The molecule has 2 rings (SSSR count). The normalized spacial score (nSPS) is 16.5. The van der Waals surface area contributed by atoms with Crippen LogP contribution in [-0.2, 0) is 4.79 Å². The SMILES string of the molecule is CSC1=C(c2ccccc2)CCC1=O. The molecule has 0 aliphatic heterocycles. The van der Waals surface area contributed by atoms with Gasteiger partial charge in [-0.1, -0.05) is 30.3 Å². The molecule has 0 saturated heterocycles. The van der Waals surface area contributed by atoms with Crippen LogP contribution in [0.5, 0.6) is 0 Å². The minimum Gasteiger partial charge on any atom is -0.294 e. The van der Waals surface area contributed by atoms with E-state index in [1.165, 1.54) is 11.1 Å². The molecule has 0 spiro atoms. The Balaban J connectivity index is 2.44. The van der Waals surface area contributed by atoms with Gasteiger partial charge in [-0.25, -0.2) is 0 Å². The first-order valence-corrected chi connectivity index (χ1v) is 5.91. The lowest BCUT2D eigenvalue weighted by Crippen LogP contribution is -1.90. The molecular formula is C12H12OS. The first kappa shape index (κ1) is 9.53. The minimum atomic E-state index is 0.302. The van der Waals surface area contributed by atoms with E-state index in [4.69, 9.17) is 0 Å². The fourth-order valence-corrected chi connectivity index (χ4v) is 2.58. The van der Waals surface area contributed by atoms with Crippen LogP contribution in [-0.4, -0.2) is 12.0 Å².